The highest BCUT2D eigenvalue weighted by molar-refractivity contribution is 9.10. The van der Waals surface area contributed by atoms with Gasteiger partial charge >= 0.3 is 10.7 Å². The van der Waals surface area contributed by atoms with Crippen LogP contribution in [0.2, 0.25) is 5.02 Å². The van der Waals surface area contributed by atoms with E-state index >= 15 is 0 Å². The molecule has 0 atom stereocenters. The molecule has 1 aromatic rings. The van der Waals surface area contributed by atoms with Crippen molar-refractivity contribution in [3.05, 3.63) is 35.9 Å². The Morgan fingerprint density at radius 2 is 2.26 bits per heavy atom. The first kappa shape index (κ1) is 15.9. The van der Waals surface area contributed by atoms with Gasteiger partial charge in [-0.3, -0.25) is 4.79 Å². The van der Waals surface area contributed by atoms with E-state index < -0.39 is 10.7 Å². The Bertz CT molecular complexity index is 491. The number of rotatable bonds is 5. The number of nitrogens with zero attached hydrogens (tertiary/aromatic N) is 1. The van der Waals surface area contributed by atoms with Crippen molar-refractivity contribution in [2.75, 3.05) is 18.6 Å². The molecule has 0 fully saturated rings. The average Bonchev–Trinajstić information content (AvgIpc) is 2.34. The second-order valence-electron chi connectivity index (χ2n) is 3.52. The largest absolute Gasteiger partial charge is 0.495 e. The van der Waals surface area contributed by atoms with E-state index in [0.29, 0.717) is 5.75 Å². The van der Waals surface area contributed by atoms with Crippen LogP contribution in [0.25, 0.3) is 0 Å². The zero-order chi connectivity index (χ0) is 14.6. The van der Waals surface area contributed by atoms with Crippen LogP contribution in [0.5, 0.6) is 5.75 Å². The molecule has 104 valence electrons. The van der Waals surface area contributed by atoms with Crippen molar-refractivity contribution in [1.29, 1.82) is 0 Å². The Balaban J connectivity index is 3.16. The highest BCUT2D eigenvalue weighted by Gasteiger charge is 2.39. The number of ether oxygens (including phenoxy) is 1. The molecule has 0 aromatic heterocycles. The molecular weight excluding hydrogens is 343 g/mol. The predicted octanol–water partition coefficient (Wildman–Crippen LogP) is 3.86. The summed E-state index contributed by atoms with van der Waals surface area (Å²) in [7, 11) is 1.43. The van der Waals surface area contributed by atoms with Gasteiger partial charge in [-0.2, -0.15) is 8.78 Å². The summed E-state index contributed by atoms with van der Waals surface area (Å²) in [6.07, 6.45) is 1.34. The van der Waals surface area contributed by atoms with Crippen LogP contribution in [0.15, 0.2) is 30.9 Å². The van der Waals surface area contributed by atoms with Gasteiger partial charge in [-0.1, -0.05) is 17.7 Å². The van der Waals surface area contributed by atoms with Gasteiger partial charge in [0.25, 0.3) is 0 Å². The lowest BCUT2D eigenvalue weighted by Crippen LogP contribution is -2.40. The van der Waals surface area contributed by atoms with E-state index in [4.69, 9.17) is 16.3 Å². The predicted molar refractivity (Wildman–Crippen MR) is 74.4 cm³/mol. The van der Waals surface area contributed by atoms with Gasteiger partial charge < -0.3 is 9.64 Å². The summed E-state index contributed by atoms with van der Waals surface area (Å²) in [5.74, 6) is -1.00. The maximum Gasteiger partial charge on any atom is 0.378 e. The zero-order valence-corrected chi connectivity index (χ0v) is 12.3. The minimum atomic E-state index is -3.65. The molecule has 1 aromatic carbocycles. The fourth-order valence-corrected chi connectivity index (χ4v) is 1.88. The van der Waals surface area contributed by atoms with Crippen LogP contribution in [-0.2, 0) is 4.79 Å². The minimum Gasteiger partial charge on any atom is -0.495 e. The second-order valence-corrected chi connectivity index (χ2v) is 4.92. The molecule has 3 nitrogen and oxygen atoms in total. The highest BCUT2D eigenvalue weighted by atomic mass is 79.9. The molecule has 1 rings (SSSR count). The van der Waals surface area contributed by atoms with Crippen molar-refractivity contribution in [1.82, 2.24) is 0 Å². The molecule has 0 spiro atoms. The Labute approximate surface area is 122 Å². The van der Waals surface area contributed by atoms with E-state index in [-0.39, 0.29) is 17.3 Å². The van der Waals surface area contributed by atoms with Crippen molar-refractivity contribution in [3.8, 4) is 5.75 Å². The van der Waals surface area contributed by atoms with Crippen LogP contribution < -0.4 is 9.64 Å². The third-order valence-corrected chi connectivity index (χ3v) is 2.88. The molecular formula is C12H11BrClF2NO2. The van der Waals surface area contributed by atoms with Gasteiger partial charge in [0, 0.05) is 28.2 Å². The summed E-state index contributed by atoms with van der Waals surface area (Å²) >= 11 is 7.95. The third kappa shape index (κ3) is 3.91. The lowest BCUT2D eigenvalue weighted by atomic mass is 10.2. The number of halogens is 4. The van der Waals surface area contributed by atoms with Crippen LogP contribution in [-0.4, -0.2) is 24.4 Å². The number of carbonyl (C=O) groups is 1. The van der Waals surface area contributed by atoms with Gasteiger partial charge in [-0.25, -0.2) is 0 Å². The van der Waals surface area contributed by atoms with E-state index in [2.05, 4.69) is 6.58 Å². The lowest BCUT2D eigenvalue weighted by Gasteiger charge is -2.23. The fraction of sp³-hybridized carbons (Fsp3) is 0.250. The SMILES string of the molecule is C=CCN(C(=O)C(F)(F)Br)c1ccc(OC)c(Cl)c1. The fourth-order valence-electron chi connectivity index (χ4n) is 1.41. The summed E-state index contributed by atoms with van der Waals surface area (Å²) in [6, 6.07) is 4.33. The number of benzene rings is 1. The van der Waals surface area contributed by atoms with Crippen molar-refractivity contribution in [2.45, 2.75) is 4.83 Å². The topological polar surface area (TPSA) is 29.5 Å². The Kier molecular flexibility index (Phi) is 5.31. The van der Waals surface area contributed by atoms with Gasteiger partial charge in [-0.05, 0) is 18.2 Å². The lowest BCUT2D eigenvalue weighted by molar-refractivity contribution is -0.131. The van der Waals surface area contributed by atoms with E-state index in [1.165, 1.54) is 31.4 Å². The second kappa shape index (κ2) is 6.34. The summed E-state index contributed by atoms with van der Waals surface area (Å²) in [4.78, 5) is 8.85. The number of amides is 1. The van der Waals surface area contributed by atoms with Crippen LogP contribution in [0.4, 0.5) is 14.5 Å². The molecule has 0 aliphatic heterocycles. The average molecular weight is 355 g/mol. The summed E-state index contributed by atoms with van der Waals surface area (Å²) in [6.45, 7) is 3.37. The van der Waals surface area contributed by atoms with Crippen LogP contribution in [0.1, 0.15) is 0 Å². The number of carbonyl (C=O) groups excluding carboxylic acids is 1. The third-order valence-electron chi connectivity index (χ3n) is 2.25. The molecule has 7 heteroatoms. The Hall–Kier alpha value is -1.14. The minimum absolute atomic E-state index is 0.0668. The number of methoxy groups -OCH3 is 1. The first-order chi connectivity index (χ1) is 8.81. The summed E-state index contributed by atoms with van der Waals surface area (Å²) < 4.78 is 31.1. The molecule has 0 N–H and O–H groups in total. The van der Waals surface area contributed by atoms with Crippen LogP contribution in [0.3, 0.4) is 0 Å². The molecule has 0 bridgehead atoms. The van der Waals surface area contributed by atoms with Crippen molar-refractivity contribution in [3.63, 3.8) is 0 Å². The van der Waals surface area contributed by atoms with Crippen LogP contribution in [0, 0.1) is 0 Å². The molecule has 0 unspecified atom stereocenters. The van der Waals surface area contributed by atoms with Gasteiger partial charge in [-0.15, -0.1) is 6.58 Å². The molecule has 0 saturated carbocycles. The van der Waals surface area contributed by atoms with Gasteiger partial charge in [0.1, 0.15) is 5.75 Å². The van der Waals surface area contributed by atoms with E-state index in [9.17, 15) is 13.6 Å². The Morgan fingerprint density at radius 1 is 1.63 bits per heavy atom. The van der Waals surface area contributed by atoms with Gasteiger partial charge in [0.2, 0.25) is 0 Å². The first-order valence-electron chi connectivity index (χ1n) is 5.14. The normalized spacial score (nSPS) is 11.0. The zero-order valence-electron chi connectivity index (χ0n) is 10.00. The molecule has 19 heavy (non-hydrogen) atoms. The highest BCUT2D eigenvalue weighted by Crippen LogP contribution is 2.32. The molecule has 1 amide bonds. The van der Waals surface area contributed by atoms with Gasteiger partial charge in [0.05, 0.1) is 12.1 Å². The standard InChI is InChI=1S/C12H11BrClF2NO2/c1-3-6-17(11(18)12(13,15)16)8-4-5-10(19-2)9(14)7-8/h3-5,7H,1,6H2,2H3. The molecule has 0 saturated heterocycles. The van der Waals surface area contributed by atoms with E-state index in [1.54, 1.807) is 0 Å². The first-order valence-corrected chi connectivity index (χ1v) is 6.31. The monoisotopic (exact) mass is 353 g/mol. The van der Waals surface area contributed by atoms with Crippen molar-refractivity contribution >= 4 is 39.1 Å². The van der Waals surface area contributed by atoms with Gasteiger partial charge in [0.15, 0.2) is 0 Å². The quantitative estimate of drug-likeness (QED) is 0.594. The summed E-state index contributed by atoms with van der Waals surface area (Å²) in [5.41, 5.74) is 0.231. The number of alkyl halides is 3. The van der Waals surface area contributed by atoms with E-state index in [0.717, 1.165) is 4.90 Å². The Morgan fingerprint density at radius 3 is 2.68 bits per heavy atom. The number of anilines is 1. The molecule has 0 radical (unpaired) electrons. The maximum absolute atomic E-state index is 13.1. The smallest absolute Gasteiger partial charge is 0.378 e. The summed E-state index contributed by atoms with van der Waals surface area (Å²) in [5, 5.41) is 0.222. The number of hydrogen-bond acceptors (Lipinski definition) is 2. The van der Waals surface area contributed by atoms with E-state index in [1.807, 2.05) is 15.9 Å². The van der Waals surface area contributed by atoms with Crippen molar-refractivity contribution in [2.24, 2.45) is 0 Å². The molecule has 0 heterocycles. The van der Waals surface area contributed by atoms with Crippen LogP contribution >= 0.6 is 27.5 Å². The molecule has 0 aliphatic carbocycles. The van der Waals surface area contributed by atoms with Crippen molar-refractivity contribution < 1.29 is 18.3 Å². The molecule has 0 aliphatic rings. The number of hydrogen-bond donors (Lipinski definition) is 0. The maximum atomic E-state index is 13.1.